The molecule has 0 atom stereocenters. The number of hydrogen-bond acceptors (Lipinski definition) is 3. The second-order valence-corrected chi connectivity index (χ2v) is 2.23. The lowest BCUT2D eigenvalue weighted by Gasteiger charge is -2.01. The Labute approximate surface area is 71.1 Å². The lowest BCUT2D eigenvalue weighted by atomic mass is 10.3. The van der Waals surface area contributed by atoms with E-state index in [4.69, 9.17) is 15.6 Å². The van der Waals surface area contributed by atoms with Gasteiger partial charge in [-0.25, -0.2) is 0 Å². The molecule has 0 saturated heterocycles. The Morgan fingerprint density at radius 1 is 1.33 bits per heavy atom. The number of ether oxygens (including phenoxy) is 1. The van der Waals surface area contributed by atoms with Gasteiger partial charge in [0.05, 0.1) is 0 Å². The highest BCUT2D eigenvalue weighted by Crippen LogP contribution is 2.15. The van der Waals surface area contributed by atoms with Crippen LogP contribution in [0.2, 0.25) is 0 Å². The molecular weight excluding hydrogens is 154 g/mol. The molecule has 0 heterocycles. The van der Waals surface area contributed by atoms with Crippen molar-refractivity contribution in [3.05, 3.63) is 36.5 Å². The van der Waals surface area contributed by atoms with E-state index in [1.54, 1.807) is 30.3 Å². The third-order valence-electron chi connectivity index (χ3n) is 1.32. The zero-order valence-corrected chi connectivity index (χ0v) is 6.60. The van der Waals surface area contributed by atoms with E-state index in [0.717, 1.165) is 0 Å². The zero-order chi connectivity index (χ0) is 8.81. The van der Waals surface area contributed by atoms with Gasteiger partial charge in [-0.05, 0) is 36.5 Å². The third kappa shape index (κ3) is 2.54. The molecule has 0 aliphatic carbocycles. The number of hydrogen-bond donors (Lipinski definition) is 2. The quantitative estimate of drug-likeness (QED) is 0.708. The van der Waals surface area contributed by atoms with Gasteiger partial charge in [-0.1, -0.05) is 0 Å². The third-order valence-corrected chi connectivity index (χ3v) is 1.32. The fourth-order valence-electron chi connectivity index (χ4n) is 0.742. The van der Waals surface area contributed by atoms with Crippen molar-refractivity contribution in [3.8, 4) is 11.5 Å². The molecule has 3 N–H and O–H groups in total. The highest BCUT2D eigenvalue weighted by atomic mass is 16.5. The summed E-state index contributed by atoms with van der Waals surface area (Å²) in [6, 6.07) is 6.53. The predicted octanol–water partition coefficient (Wildman–Crippen LogP) is 1.24. The summed E-state index contributed by atoms with van der Waals surface area (Å²) in [6.07, 6.45) is 3.13. The number of phenols is 1. The average Bonchev–Trinajstić information content (AvgIpc) is 2.09. The summed E-state index contributed by atoms with van der Waals surface area (Å²) in [5.41, 5.74) is 5.12. The van der Waals surface area contributed by atoms with Crippen LogP contribution in [0.1, 0.15) is 0 Å². The Balaban J connectivity index is 2.47. The maximum absolute atomic E-state index is 8.94. The van der Waals surface area contributed by atoms with Crippen LogP contribution in [0.4, 0.5) is 0 Å². The summed E-state index contributed by atoms with van der Waals surface area (Å²) in [5.74, 6) is 0.947. The summed E-state index contributed by atoms with van der Waals surface area (Å²) < 4.78 is 5.22. The Kier molecular flexibility index (Phi) is 3.02. The number of nitrogens with two attached hydrogens (primary N) is 1. The lowest BCUT2D eigenvalue weighted by Crippen LogP contribution is -1.93. The molecule has 0 amide bonds. The molecule has 0 spiro atoms. The summed E-state index contributed by atoms with van der Waals surface area (Å²) in [4.78, 5) is 0. The van der Waals surface area contributed by atoms with Crippen molar-refractivity contribution < 1.29 is 9.84 Å². The molecule has 0 aromatic heterocycles. The summed E-state index contributed by atoms with van der Waals surface area (Å²) >= 11 is 0. The van der Waals surface area contributed by atoms with Gasteiger partial charge in [0.1, 0.15) is 18.1 Å². The van der Waals surface area contributed by atoms with Crippen LogP contribution in [0.15, 0.2) is 36.5 Å². The summed E-state index contributed by atoms with van der Waals surface area (Å²) in [7, 11) is 0. The van der Waals surface area contributed by atoms with E-state index in [0.29, 0.717) is 12.4 Å². The first kappa shape index (κ1) is 8.46. The lowest BCUT2D eigenvalue weighted by molar-refractivity contribution is 0.361. The fourth-order valence-corrected chi connectivity index (χ4v) is 0.742. The largest absolute Gasteiger partial charge is 0.508 e. The minimum absolute atomic E-state index is 0.233. The second kappa shape index (κ2) is 4.28. The average molecular weight is 165 g/mol. The maximum Gasteiger partial charge on any atom is 0.120 e. The first-order valence-electron chi connectivity index (χ1n) is 3.61. The van der Waals surface area contributed by atoms with E-state index in [1.807, 2.05) is 0 Å². The van der Waals surface area contributed by atoms with Crippen LogP contribution in [-0.4, -0.2) is 11.7 Å². The minimum atomic E-state index is 0.233. The van der Waals surface area contributed by atoms with Crippen LogP contribution < -0.4 is 10.5 Å². The molecule has 1 rings (SSSR count). The van der Waals surface area contributed by atoms with Crippen LogP contribution in [0.3, 0.4) is 0 Å². The zero-order valence-electron chi connectivity index (χ0n) is 6.60. The molecule has 0 bridgehead atoms. The van der Waals surface area contributed by atoms with E-state index in [1.165, 1.54) is 6.20 Å². The topological polar surface area (TPSA) is 55.5 Å². The van der Waals surface area contributed by atoms with Crippen molar-refractivity contribution in [1.82, 2.24) is 0 Å². The molecule has 3 nitrogen and oxygen atoms in total. The minimum Gasteiger partial charge on any atom is -0.508 e. The number of aromatic hydroxyl groups is 1. The van der Waals surface area contributed by atoms with Gasteiger partial charge in [-0.2, -0.15) is 0 Å². The summed E-state index contributed by atoms with van der Waals surface area (Å²) in [5, 5.41) is 8.94. The van der Waals surface area contributed by atoms with E-state index in [-0.39, 0.29) is 5.75 Å². The van der Waals surface area contributed by atoms with Crippen LogP contribution in [-0.2, 0) is 0 Å². The maximum atomic E-state index is 8.94. The fraction of sp³-hybridized carbons (Fsp3) is 0.111. The van der Waals surface area contributed by atoms with Crippen molar-refractivity contribution in [3.63, 3.8) is 0 Å². The van der Waals surface area contributed by atoms with Gasteiger partial charge in [0.15, 0.2) is 0 Å². The molecule has 12 heavy (non-hydrogen) atoms. The molecule has 0 aliphatic heterocycles. The van der Waals surface area contributed by atoms with Crippen LogP contribution >= 0.6 is 0 Å². The van der Waals surface area contributed by atoms with Crippen LogP contribution in [0, 0.1) is 0 Å². The molecule has 0 radical (unpaired) electrons. The molecule has 0 aliphatic rings. The molecule has 0 saturated carbocycles. The number of benzene rings is 1. The predicted molar refractivity (Wildman–Crippen MR) is 46.9 cm³/mol. The SMILES string of the molecule is NC=CCOc1ccc(O)cc1. The van der Waals surface area contributed by atoms with Gasteiger partial charge in [0.2, 0.25) is 0 Å². The van der Waals surface area contributed by atoms with E-state index >= 15 is 0 Å². The monoisotopic (exact) mass is 165 g/mol. The van der Waals surface area contributed by atoms with Crippen molar-refractivity contribution in [2.45, 2.75) is 0 Å². The van der Waals surface area contributed by atoms with Gasteiger partial charge in [0.25, 0.3) is 0 Å². The molecular formula is C9H11NO2. The van der Waals surface area contributed by atoms with Gasteiger partial charge in [-0.15, -0.1) is 0 Å². The van der Waals surface area contributed by atoms with Crippen molar-refractivity contribution in [2.24, 2.45) is 5.73 Å². The smallest absolute Gasteiger partial charge is 0.120 e. The number of rotatable bonds is 3. The molecule has 0 fully saturated rings. The Hall–Kier alpha value is -1.64. The molecule has 1 aromatic rings. The second-order valence-electron chi connectivity index (χ2n) is 2.23. The van der Waals surface area contributed by atoms with Crippen molar-refractivity contribution in [2.75, 3.05) is 6.61 Å². The van der Waals surface area contributed by atoms with Crippen LogP contribution in [0.25, 0.3) is 0 Å². The Bertz CT molecular complexity index is 254. The molecule has 3 heteroatoms. The number of phenolic OH excluding ortho intramolecular Hbond substituents is 1. The molecule has 1 aromatic carbocycles. The first-order chi connectivity index (χ1) is 5.83. The van der Waals surface area contributed by atoms with E-state index in [2.05, 4.69) is 0 Å². The standard InChI is InChI=1S/C9H11NO2/c10-6-1-7-12-9-4-2-8(11)3-5-9/h1-6,11H,7,10H2. The Morgan fingerprint density at radius 2 is 2.00 bits per heavy atom. The van der Waals surface area contributed by atoms with E-state index < -0.39 is 0 Å². The van der Waals surface area contributed by atoms with E-state index in [9.17, 15) is 0 Å². The molecule has 64 valence electrons. The normalized spacial score (nSPS) is 10.3. The first-order valence-corrected chi connectivity index (χ1v) is 3.61. The van der Waals surface area contributed by atoms with Crippen LogP contribution in [0.5, 0.6) is 11.5 Å². The Morgan fingerprint density at radius 3 is 2.58 bits per heavy atom. The molecule has 0 unspecified atom stereocenters. The van der Waals surface area contributed by atoms with Gasteiger partial charge in [0, 0.05) is 0 Å². The van der Waals surface area contributed by atoms with Gasteiger partial charge in [-0.3, -0.25) is 0 Å². The van der Waals surface area contributed by atoms with Gasteiger partial charge < -0.3 is 15.6 Å². The van der Waals surface area contributed by atoms with Crippen molar-refractivity contribution in [1.29, 1.82) is 0 Å². The van der Waals surface area contributed by atoms with Crippen molar-refractivity contribution >= 4 is 0 Å². The summed E-state index contributed by atoms with van der Waals surface area (Å²) in [6.45, 7) is 0.446. The highest BCUT2D eigenvalue weighted by molar-refractivity contribution is 5.30. The van der Waals surface area contributed by atoms with Gasteiger partial charge >= 0.3 is 0 Å². The highest BCUT2D eigenvalue weighted by Gasteiger charge is 1.90.